The summed E-state index contributed by atoms with van der Waals surface area (Å²) < 4.78 is 14.9. The van der Waals surface area contributed by atoms with E-state index in [1.807, 2.05) is 0 Å². The number of aromatic carboxylic acids is 1. The maximum atomic E-state index is 14.9. The van der Waals surface area contributed by atoms with Crippen LogP contribution < -0.4 is 10.2 Å². The van der Waals surface area contributed by atoms with Crippen LogP contribution in [0.1, 0.15) is 32.3 Å². The highest BCUT2D eigenvalue weighted by Gasteiger charge is 2.34. The van der Waals surface area contributed by atoms with Crippen LogP contribution in [0.15, 0.2) is 12.3 Å². The van der Waals surface area contributed by atoms with Crippen LogP contribution in [-0.4, -0.2) is 62.5 Å². The monoisotopic (exact) mass is 486 g/mol. The first kappa shape index (κ1) is 21.6. The largest absolute Gasteiger partial charge is 0.477 e. The van der Waals surface area contributed by atoms with E-state index in [1.165, 1.54) is 6.20 Å². The number of hydrogen-bond donors (Lipinski definition) is 4. The van der Waals surface area contributed by atoms with Crippen molar-refractivity contribution in [2.75, 3.05) is 18.0 Å². The highest BCUT2D eigenvalue weighted by molar-refractivity contribution is 7.17. The Morgan fingerprint density at radius 1 is 1.39 bits per heavy atom. The molecule has 1 amide bonds. The molecule has 3 aromatic rings. The third-order valence-electron chi connectivity index (χ3n) is 4.98. The number of aromatic nitrogens is 4. The van der Waals surface area contributed by atoms with Crippen LogP contribution in [-0.2, 0) is 0 Å². The van der Waals surface area contributed by atoms with Gasteiger partial charge in [0.25, 0.3) is 5.91 Å². The summed E-state index contributed by atoms with van der Waals surface area (Å²) in [5.74, 6) is -1.66. The molecule has 13 heteroatoms. The second-order valence-corrected chi connectivity index (χ2v) is 8.77. The molecular formula is C18H17Cl2FN6O3S. The molecule has 0 radical (unpaired) electrons. The van der Waals surface area contributed by atoms with Gasteiger partial charge in [-0.3, -0.25) is 9.89 Å². The fraction of sp³-hybridized carbons (Fsp3) is 0.333. The summed E-state index contributed by atoms with van der Waals surface area (Å²) in [7, 11) is 0. The van der Waals surface area contributed by atoms with Gasteiger partial charge in [0.2, 0.25) is 0 Å². The summed E-state index contributed by atoms with van der Waals surface area (Å²) in [5.41, 5.74) is 1.36. The van der Waals surface area contributed by atoms with Crippen molar-refractivity contribution in [3.63, 3.8) is 0 Å². The van der Waals surface area contributed by atoms with Crippen molar-refractivity contribution in [2.45, 2.75) is 25.6 Å². The maximum Gasteiger partial charge on any atom is 0.348 e. The molecule has 4 N–H and O–H groups in total. The molecule has 1 fully saturated rings. The van der Waals surface area contributed by atoms with Crippen molar-refractivity contribution in [3.8, 4) is 11.4 Å². The molecule has 0 unspecified atom stereocenters. The third-order valence-corrected chi connectivity index (χ3v) is 7.03. The van der Waals surface area contributed by atoms with Gasteiger partial charge in [-0.05, 0) is 19.4 Å². The number of nitrogens with one attached hydrogen (secondary N) is 3. The zero-order valence-corrected chi connectivity index (χ0v) is 18.4. The van der Waals surface area contributed by atoms with Crippen LogP contribution in [0.3, 0.4) is 0 Å². The predicted octanol–water partition coefficient (Wildman–Crippen LogP) is 3.52. The molecule has 9 nitrogen and oxygen atoms in total. The fourth-order valence-corrected chi connectivity index (χ4v) is 4.74. The highest BCUT2D eigenvalue weighted by Crippen LogP contribution is 2.34. The van der Waals surface area contributed by atoms with Crippen molar-refractivity contribution >= 4 is 51.5 Å². The fourth-order valence-electron chi connectivity index (χ4n) is 3.37. The van der Waals surface area contributed by atoms with E-state index >= 15 is 0 Å². The van der Waals surface area contributed by atoms with Crippen molar-refractivity contribution in [3.05, 3.63) is 38.6 Å². The summed E-state index contributed by atoms with van der Waals surface area (Å²) in [6.07, 6.45) is 0.409. The molecule has 4 rings (SSSR count). The molecule has 1 aliphatic heterocycles. The first-order valence-corrected chi connectivity index (χ1v) is 10.8. The van der Waals surface area contributed by atoms with Crippen LogP contribution in [0.4, 0.5) is 9.52 Å². The highest BCUT2D eigenvalue weighted by atomic mass is 35.5. The Kier molecular flexibility index (Phi) is 5.91. The van der Waals surface area contributed by atoms with Crippen molar-refractivity contribution in [1.29, 1.82) is 0 Å². The van der Waals surface area contributed by atoms with Crippen LogP contribution >= 0.6 is 34.5 Å². The summed E-state index contributed by atoms with van der Waals surface area (Å²) in [4.78, 5) is 33.0. The number of rotatable bonds is 5. The van der Waals surface area contributed by atoms with Crippen LogP contribution in [0.2, 0.25) is 10.0 Å². The Morgan fingerprint density at radius 2 is 2.16 bits per heavy atom. The number of thiazole rings is 1. The van der Waals surface area contributed by atoms with Gasteiger partial charge in [-0.25, -0.2) is 14.2 Å². The molecule has 0 aliphatic carbocycles. The first-order chi connectivity index (χ1) is 14.8. The Labute approximate surface area is 189 Å². The molecule has 0 aromatic carbocycles. The van der Waals surface area contributed by atoms with E-state index in [2.05, 4.69) is 25.5 Å². The number of aryl methyl sites for hydroxylation is 1. The lowest BCUT2D eigenvalue weighted by Crippen LogP contribution is -2.52. The Bertz CT molecular complexity index is 1130. The summed E-state index contributed by atoms with van der Waals surface area (Å²) in [5, 5.41) is 19.4. The topological polar surface area (TPSA) is 127 Å². The summed E-state index contributed by atoms with van der Waals surface area (Å²) in [6.45, 7) is 2.02. The van der Waals surface area contributed by atoms with E-state index in [1.54, 1.807) is 17.9 Å². The zero-order chi connectivity index (χ0) is 22.3. The average molecular weight is 487 g/mol. The minimum absolute atomic E-state index is 0.0405. The van der Waals surface area contributed by atoms with E-state index in [0.717, 1.165) is 11.3 Å². The number of carboxylic acid groups (broad SMARTS) is 1. The zero-order valence-electron chi connectivity index (χ0n) is 16.1. The molecule has 2 atom stereocenters. The quantitative estimate of drug-likeness (QED) is 0.436. The Balaban J connectivity index is 1.47. The molecule has 164 valence electrons. The maximum absolute atomic E-state index is 14.9. The average Bonchev–Trinajstić information content (AvgIpc) is 3.46. The Hall–Kier alpha value is -2.63. The number of alkyl halides is 1. The molecule has 4 heterocycles. The molecule has 0 spiro atoms. The van der Waals surface area contributed by atoms with E-state index in [4.69, 9.17) is 23.2 Å². The first-order valence-electron chi connectivity index (χ1n) is 9.23. The van der Waals surface area contributed by atoms with Gasteiger partial charge in [-0.2, -0.15) is 5.10 Å². The summed E-state index contributed by atoms with van der Waals surface area (Å²) in [6, 6.07) is 0.887. The van der Waals surface area contributed by atoms with E-state index < -0.39 is 24.1 Å². The lowest BCUT2D eigenvalue weighted by molar-refractivity contribution is 0.0702. The minimum Gasteiger partial charge on any atom is -0.477 e. The standard InChI is InChI=1S/C18H17Cl2FN6O3S/c1-7-11(19)12(20)14(23-7)16(28)24-9-3-5-27(6-8(9)21)18-25-13(10-2-4-22-26-10)15(31-18)17(29)30/h2,4,8-9,23H,3,5-6H2,1H3,(H,22,26)(H,24,28)(H,29,30)/t8-,9+/m0/s1. The molecule has 1 saturated heterocycles. The van der Waals surface area contributed by atoms with Crippen molar-refractivity contribution in [1.82, 2.24) is 25.5 Å². The number of nitrogens with zero attached hydrogens (tertiary/aromatic N) is 3. The molecule has 1 aliphatic rings. The normalized spacial score (nSPS) is 18.9. The van der Waals surface area contributed by atoms with Crippen molar-refractivity contribution in [2.24, 2.45) is 0 Å². The van der Waals surface area contributed by atoms with Gasteiger partial charge in [0, 0.05) is 18.4 Å². The van der Waals surface area contributed by atoms with Crippen LogP contribution in [0.25, 0.3) is 11.4 Å². The smallest absolute Gasteiger partial charge is 0.348 e. The number of anilines is 1. The second kappa shape index (κ2) is 8.48. The predicted molar refractivity (Wildman–Crippen MR) is 115 cm³/mol. The van der Waals surface area contributed by atoms with Gasteiger partial charge in [-0.15, -0.1) is 0 Å². The number of hydrogen-bond acceptors (Lipinski definition) is 6. The number of aromatic amines is 2. The number of carbonyl (C=O) groups is 2. The number of carboxylic acids is 1. The molecule has 3 aromatic heterocycles. The summed E-state index contributed by atoms with van der Waals surface area (Å²) >= 11 is 13.0. The van der Waals surface area contributed by atoms with Crippen molar-refractivity contribution < 1.29 is 19.1 Å². The van der Waals surface area contributed by atoms with Gasteiger partial charge in [0.05, 0.1) is 28.3 Å². The number of carbonyl (C=O) groups excluding carboxylic acids is 1. The van der Waals surface area contributed by atoms with E-state index in [-0.39, 0.29) is 32.9 Å². The van der Waals surface area contributed by atoms with Gasteiger partial charge in [0.1, 0.15) is 22.4 Å². The van der Waals surface area contributed by atoms with E-state index in [0.29, 0.717) is 29.5 Å². The lowest BCUT2D eigenvalue weighted by Gasteiger charge is -2.34. The lowest BCUT2D eigenvalue weighted by atomic mass is 10.0. The number of halogens is 3. The van der Waals surface area contributed by atoms with Gasteiger partial charge in [0.15, 0.2) is 5.13 Å². The van der Waals surface area contributed by atoms with Gasteiger partial charge < -0.3 is 20.3 Å². The SMILES string of the molecule is Cc1[nH]c(C(=O)N[C@@H]2CCN(c3nc(-c4ccn[nH]4)c(C(=O)O)s3)C[C@@H]2F)c(Cl)c1Cl. The molecular weight excluding hydrogens is 470 g/mol. The minimum atomic E-state index is -1.39. The third kappa shape index (κ3) is 4.12. The number of piperidine rings is 1. The molecule has 31 heavy (non-hydrogen) atoms. The second-order valence-electron chi connectivity index (χ2n) is 7.03. The van der Waals surface area contributed by atoms with Gasteiger partial charge >= 0.3 is 5.97 Å². The van der Waals surface area contributed by atoms with Gasteiger partial charge in [-0.1, -0.05) is 34.5 Å². The van der Waals surface area contributed by atoms with Crippen LogP contribution in [0.5, 0.6) is 0 Å². The Morgan fingerprint density at radius 3 is 2.74 bits per heavy atom. The number of H-pyrrole nitrogens is 2. The van der Waals surface area contributed by atoms with E-state index in [9.17, 15) is 19.1 Å². The number of amides is 1. The molecule has 0 saturated carbocycles. The molecule has 0 bridgehead atoms. The van der Waals surface area contributed by atoms with Crippen LogP contribution in [0, 0.1) is 6.92 Å².